The van der Waals surface area contributed by atoms with Crippen molar-refractivity contribution in [3.8, 4) is 0 Å². The molecule has 0 aliphatic carbocycles. The van der Waals surface area contributed by atoms with Gasteiger partial charge in [-0.05, 0) is 45.0 Å². The van der Waals surface area contributed by atoms with Crippen LogP contribution >= 0.6 is 12.2 Å². The Balaban J connectivity index is 2.01. The molecule has 1 aliphatic rings. The average Bonchev–Trinajstić information content (AvgIpc) is 2.44. The van der Waals surface area contributed by atoms with E-state index >= 15 is 0 Å². The summed E-state index contributed by atoms with van der Waals surface area (Å²) < 4.78 is 27.8. The Hall–Kier alpha value is -1.27. The summed E-state index contributed by atoms with van der Waals surface area (Å²) in [5.41, 5.74) is 5.45. The van der Waals surface area contributed by atoms with E-state index in [4.69, 9.17) is 18.0 Å². The summed E-state index contributed by atoms with van der Waals surface area (Å²) in [4.78, 5) is 2.21. The highest BCUT2D eigenvalue weighted by Crippen LogP contribution is 2.21. The van der Waals surface area contributed by atoms with Crippen molar-refractivity contribution in [3.63, 3.8) is 0 Å². The first-order valence-corrected chi connectivity index (χ1v) is 7.66. The highest BCUT2D eigenvalue weighted by molar-refractivity contribution is 7.80. The monoisotopic (exact) mass is 313 g/mol. The number of nitrogens with two attached hydrogens (primary N) is 1. The number of halogens is 2. The van der Waals surface area contributed by atoms with Gasteiger partial charge in [-0.15, -0.1) is 0 Å². The number of anilines is 1. The smallest absolute Gasteiger partial charge is 0.182 e. The van der Waals surface area contributed by atoms with E-state index in [0.717, 1.165) is 19.6 Å². The van der Waals surface area contributed by atoms with Crippen LogP contribution in [0.25, 0.3) is 0 Å². The van der Waals surface area contributed by atoms with Crippen molar-refractivity contribution < 1.29 is 8.78 Å². The first-order valence-electron chi connectivity index (χ1n) is 7.25. The highest BCUT2D eigenvalue weighted by Gasteiger charge is 2.18. The van der Waals surface area contributed by atoms with Crippen LogP contribution in [0.1, 0.15) is 31.7 Å². The van der Waals surface area contributed by atoms with Crippen molar-refractivity contribution in [2.45, 2.75) is 32.2 Å². The third-order valence-corrected chi connectivity index (χ3v) is 3.95. The van der Waals surface area contributed by atoms with Crippen LogP contribution in [0.2, 0.25) is 0 Å². The second kappa shape index (κ2) is 7.13. The van der Waals surface area contributed by atoms with Crippen LogP contribution in [0.15, 0.2) is 12.1 Å². The molecule has 1 aliphatic heterocycles. The lowest BCUT2D eigenvalue weighted by molar-refractivity contribution is 0.223. The van der Waals surface area contributed by atoms with Crippen LogP contribution in [-0.4, -0.2) is 35.6 Å². The predicted octanol–water partition coefficient (Wildman–Crippen LogP) is 2.89. The van der Waals surface area contributed by atoms with Gasteiger partial charge in [-0.3, -0.25) is 0 Å². The van der Waals surface area contributed by atoms with Gasteiger partial charge in [0.15, 0.2) is 11.6 Å². The zero-order valence-corrected chi connectivity index (χ0v) is 13.0. The summed E-state index contributed by atoms with van der Waals surface area (Å²) in [6.07, 6.45) is 3.69. The van der Waals surface area contributed by atoms with Crippen LogP contribution in [0, 0.1) is 11.6 Å². The van der Waals surface area contributed by atoms with Gasteiger partial charge < -0.3 is 16.0 Å². The molecule has 1 heterocycles. The fraction of sp³-hybridized carbons (Fsp3) is 0.533. The molecule has 0 bridgehead atoms. The SMILES string of the molecule is CC(CN1CCCCC1)Nc1ccc(C(N)=S)c(F)c1F. The van der Waals surface area contributed by atoms with Crippen molar-refractivity contribution in [2.24, 2.45) is 5.73 Å². The van der Waals surface area contributed by atoms with Gasteiger partial charge in [-0.2, -0.15) is 0 Å². The maximum absolute atomic E-state index is 14.0. The van der Waals surface area contributed by atoms with E-state index in [-0.39, 0.29) is 22.3 Å². The average molecular weight is 313 g/mol. The van der Waals surface area contributed by atoms with Gasteiger partial charge in [0.25, 0.3) is 0 Å². The van der Waals surface area contributed by atoms with Crippen LogP contribution in [0.3, 0.4) is 0 Å². The topological polar surface area (TPSA) is 41.3 Å². The highest BCUT2D eigenvalue weighted by atomic mass is 32.1. The van der Waals surface area contributed by atoms with Crippen LogP contribution in [0.4, 0.5) is 14.5 Å². The standard InChI is InChI=1S/C15H21F2N3S/c1-10(9-20-7-3-2-4-8-20)19-12-6-5-11(15(18)21)13(16)14(12)17/h5-6,10,19H,2-4,7-9H2,1H3,(H2,18,21). The first kappa shape index (κ1) is 16.1. The fourth-order valence-electron chi connectivity index (χ4n) is 2.69. The summed E-state index contributed by atoms with van der Waals surface area (Å²) in [5.74, 6) is -1.91. The Labute approximate surface area is 129 Å². The Morgan fingerprint density at radius 2 is 1.95 bits per heavy atom. The minimum atomic E-state index is -0.988. The molecule has 0 aromatic heterocycles. The van der Waals surface area contributed by atoms with Crippen LogP contribution in [-0.2, 0) is 0 Å². The lowest BCUT2D eigenvalue weighted by Gasteiger charge is -2.29. The Morgan fingerprint density at radius 3 is 2.57 bits per heavy atom. The van der Waals surface area contributed by atoms with Crippen molar-refractivity contribution >= 4 is 22.9 Å². The van der Waals surface area contributed by atoms with Crippen molar-refractivity contribution in [2.75, 3.05) is 25.0 Å². The van der Waals surface area contributed by atoms with Crippen LogP contribution in [0.5, 0.6) is 0 Å². The van der Waals surface area contributed by atoms with Crippen molar-refractivity contribution in [3.05, 3.63) is 29.3 Å². The van der Waals surface area contributed by atoms with E-state index < -0.39 is 11.6 Å². The molecule has 1 saturated heterocycles. The van der Waals surface area contributed by atoms with E-state index in [1.54, 1.807) is 0 Å². The molecule has 3 N–H and O–H groups in total. The number of piperidine rings is 1. The lowest BCUT2D eigenvalue weighted by Crippen LogP contribution is -2.38. The normalized spacial score (nSPS) is 17.5. The zero-order valence-electron chi connectivity index (χ0n) is 12.2. The molecule has 1 unspecified atom stereocenters. The third kappa shape index (κ3) is 4.11. The van der Waals surface area contributed by atoms with Gasteiger partial charge in [0, 0.05) is 18.2 Å². The van der Waals surface area contributed by atoms with E-state index in [9.17, 15) is 8.78 Å². The summed E-state index contributed by atoms with van der Waals surface area (Å²) in [6, 6.07) is 2.93. The maximum Gasteiger partial charge on any atom is 0.182 e. The minimum Gasteiger partial charge on any atom is -0.389 e. The number of hydrogen-bond donors (Lipinski definition) is 2. The molecule has 1 atom stereocenters. The van der Waals surface area contributed by atoms with Gasteiger partial charge in [-0.1, -0.05) is 18.6 Å². The Kier molecular flexibility index (Phi) is 5.47. The van der Waals surface area contributed by atoms with Gasteiger partial charge in [0.2, 0.25) is 0 Å². The molecule has 0 spiro atoms. The maximum atomic E-state index is 14.0. The second-order valence-corrected chi connectivity index (χ2v) is 6.00. The number of thiocarbonyl (C=S) groups is 1. The van der Waals surface area contributed by atoms with E-state index in [0.29, 0.717) is 0 Å². The van der Waals surface area contributed by atoms with Gasteiger partial charge in [0.05, 0.1) is 5.69 Å². The molecule has 1 aromatic rings. The molecule has 6 heteroatoms. The number of hydrogen-bond acceptors (Lipinski definition) is 3. The van der Waals surface area contributed by atoms with Gasteiger partial charge in [-0.25, -0.2) is 8.78 Å². The molecule has 21 heavy (non-hydrogen) atoms. The van der Waals surface area contributed by atoms with E-state index in [1.165, 1.54) is 31.4 Å². The molecule has 3 nitrogen and oxygen atoms in total. The summed E-state index contributed by atoms with van der Waals surface area (Å²) >= 11 is 4.69. The molecule has 1 fully saturated rings. The van der Waals surface area contributed by atoms with E-state index in [1.807, 2.05) is 6.92 Å². The fourth-order valence-corrected chi connectivity index (χ4v) is 2.85. The summed E-state index contributed by atoms with van der Waals surface area (Å²) in [5, 5.41) is 3.02. The summed E-state index contributed by atoms with van der Waals surface area (Å²) in [7, 11) is 0. The third-order valence-electron chi connectivity index (χ3n) is 3.73. The summed E-state index contributed by atoms with van der Waals surface area (Å²) in [6.45, 7) is 4.93. The first-order chi connectivity index (χ1) is 9.99. The van der Waals surface area contributed by atoms with Gasteiger partial charge >= 0.3 is 0 Å². The molecule has 1 aromatic carbocycles. The Morgan fingerprint density at radius 1 is 1.29 bits per heavy atom. The van der Waals surface area contributed by atoms with E-state index in [2.05, 4.69) is 10.2 Å². The number of likely N-dealkylation sites (tertiary alicyclic amines) is 1. The second-order valence-electron chi connectivity index (χ2n) is 5.56. The van der Waals surface area contributed by atoms with Crippen molar-refractivity contribution in [1.82, 2.24) is 4.90 Å². The largest absolute Gasteiger partial charge is 0.389 e. The minimum absolute atomic E-state index is 0.0349. The zero-order chi connectivity index (χ0) is 15.4. The predicted molar refractivity (Wildman–Crippen MR) is 85.6 cm³/mol. The number of nitrogens with one attached hydrogen (secondary N) is 1. The number of nitrogens with zero attached hydrogens (tertiary/aromatic N) is 1. The van der Waals surface area contributed by atoms with Gasteiger partial charge in [0.1, 0.15) is 4.99 Å². The van der Waals surface area contributed by atoms with Crippen molar-refractivity contribution in [1.29, 1.82) is 0 Å². The molecule has 0 saturated carbocycles. The lowest BCUT2D eigenvalue weighted by atomic mass is 10.1. The Bertz CT molecular complexity index is 516. The molecular weight excluding hydrogens is 292 g/mol. The molecular formula is C15H21F2N3S. The molecule has 0 amide bonds. The molecule has 116 valence electrons. The quantitative estimate of drug-likeness (QED) is 0.820. The van der Waals surface area contributed by atoms with Crippen LogP contribution < -0.4 is 11.1 Å². The number of benzene rings is 1. The molecule has 0 radical (unpaired) electrons. The number of rotatable bonds is 5. The molecule has 2 rings (SSSR count).